The van der Waals surface area contributed by atoms with Crippen molar-refractivity contribution in [3.63, 3.8) is 0 Å². The highest BCUT2D eigenvalue weighted by atomic mass is 16.2. The predicted molar refractivity (Wildman–Crippen MR) is 204 cm³/mol. The van der Waals surface area contributed by atoms with Crippen molar-refractivity contribution >= 4 is 51.7 Å². The van der Waals surface area contributed by atoms with Crippen LogP contribution in [0, 0.1) is 13.8 Å². The van der Waals surface area contributed by atoms with Gasteiger partial charge >= 0.3 is 0 Å². The Bertz CT molecular complexity index is 2250. The number of benzene rings is 2. The number of carbonyl (C=O) groups excluding carboxylic acids is 3. The highest BCUT2D eigenvalue weighted by molar-refractivity contribution is 6.04. The number of amides is 3. The highest BCUT2D eigenvalue weighted by Gasteiger charge is 2.24. The maximum atomic E-state index is 14.0. The van der Waals surface area contributed by atoms with Gasteiger partial charge in [-0.15, -0.1) is 0 Å². The van der Waals surface area contributed by atoms with Crippen molar-refractivity contribution in [1.82, 2.24) is 38.7 Å². The van der Waals surface area contributed by atoms with Crippen molar-refractivity contribution in [2.24, 2.45) is 5.73 Å². The Kier molecular flexibility index (Phi) is 11.3. The average Bonchev–Trinajstić information content (AvgIpc) is 3.83. The second-order valence-corrected chi connectivity index (χ2v) is 12.8. The molecule has 274 valence electrons. The number of nitrogens with zero attached hydrogens (tertiary/aromatic N) is 8. The van der Waals surface area contributed by atoms with Crippen LogP contribution >= 0.6 is 0 Å². The molecule has 52 heavy (non-hydrogen) atoms. The maximum Gasteiger partial charge on any atom is 0.276 e. The average molecular weight is 708 g/mol. The van der Waals surface area contributed by atoms with Crippen LogP contribution in [0.15, 0.2) is 48.5 Å². The minimum absolute atomic E-state index is 0. The van der Waals surface area contributed by atoms with Crippen LogP contribution in [-0.4, -0.2) is 56.4 Å². The van der Waals surface area contributed by atoms with Gasteiger partial charge in [0, 0.05) is 37.3 Å². The van der Waals surface area contributed by atoms with Crippen LogP contribution in [-0.2, 0) is 32.6 Å². The first-order chi connectivity index (χ1) is 24.2. The van der Waals surface area contributed by atoms with E-state index >= 15 is 0 Å². The predicted octanol–water partition coefficient (Wildman–Crippen LogP) is 6.50. The fraction of sp³-hybridized carbons (Fsp3) is 0.395. The Morgan fingerprint density at radius 2 is 1.44 bits per heavy atom. The number of hydrogen-bond donors (Lipinski definition) is 3. The van der Waals surface area contributed by atoms with Crippen LogP contribution in [0.1, 0.15) is 102 Å². The van der Waals surface area contributed by atoms with E-state index in [0.717, 1.165) is 65.6 Å². The van der Waals surface area contributed by atoms with E-state index in [-0.39, 0.29) is 26.7 Å². The van der Waals surface area contributed by atoms with Gasteiger partial charge < -0.3 is 14.9 Å². The number of para-hydroxylation sites is 2. The van der Waals surface area contributed by atoms with Gasteiger partial charge in [0.1, 0.15) is 11.4 Å². The molecule has 0 aliphatic carbocycles. The highest BCUT2D eigenvalue weighted by Crippen LogP contribution is 2.26. The standard InChI is InChI=1S/C36H41N11O3.2CH4/c1-4-46-31-25(23(3)43-46)12-6-5-9-19-47-30(20-22(2)42-47)33(49)40-36-39-27-21-24(32(37)48)15-16-29(27)45(36)18-11-10-17-44-28-14-8-7-13-26(28)38-35(44)41-34(31)50;;/h7-8,13-16,20-21H,4-6,9-12,17-19H2,1-3H3,(H2,37,48)(H,38,41,50)(H,39,40,49);2*1H4. The Balaban J connectivity index is 0.00000261. The third-order valence-corrected chi connectivity index (χ3v) is 9.35. The van der Waals surface area contributed by atoms with E-state index < -0.39 is 5.91 Å². The van der Waals surface area contributed by atoms with Gasteiger partial charge in [-0.2, -0.15) is 10.2 Å². The molecule has 0 atom stereocenters. The summed E-state index contributed by atoms with van der Waals surface area (Å²) in [5.41, 5.74) is 12.5. The molecule has 0 bridgehead atoms. The van der Waals surface area contributed by atoms with Crippen LogP contribution in [0.2, 0.25) is 0 Å². The van der Waals surface area contributed by atoms with E-state index in [1.165, 1.54) is 0 Å². The summed E-state index contributed by atoms with van der Waals surface area (Å²) in [5.74, 6) is -0.223. The first-order valence-electron chi connectivity index (χ1n) is 17.2. The van der Waals surface area contributed by atoms with Crippen LogP contribution in [0.4, 0.5) is 11.9 Å². The molecule has 4 N–H and O–H groups in total. The molecule has 6 aromatic rings. The van der Waals surface area contributed by atoms with Crippen molar-refractivity contribution in [2.45, 2.75) is 100 Å². The number of hydrogen-bond acceptors (Lipinski definition) is 7. The van der Waals surface area contributed by atoms with E-state index in [2.05, 4.69) is 15.7 Å². The molecule has 7 rings (SSSR count). The molecule has 0 saturated carbocycles. The summed E-state index contributed by atoms with van der Waals surface area (Å²) < 4.78 is 7.53. The number of rotatable bonds is 2. The molecular formula is C38H49N11O3. The second-order valence-electron chi connectivity index (χ2n) is 12.8. The van der Waals surface area contributed by atoms with Crippen molar-refractivity contribution < 1.29 is 14.4 Å². The second kappa shape index (κ2) is 15.6. The van der Waals surface area contributed by atoms with Gasteiger partial charge in [-0.05, 0) is 89.3 Å². The number of aryl methyl sites for hydroxylation is 6. The lowest BCUT2D eigenvalue weighted by atomic mass is 10.0. The Morgan fingerprint density at radius 1 is 0.788 bits per heavy atom. The van der Waals surface area contributed by atoms with Crippen LogP contribution in [0.3, 0.4) is 0 Å². The molecule has 14 heteroatoms. The molecule has 0 radical (unpaired) electrons. The lowest BCUT2D eigenvalue weighted by Gasteiger charge is -2.13. The lowest BCUT2D eigenvalue weighted by molar-refractivity contribution is 0.0994. The van der Waals surface area contributed by atoms with E-state index in [1.54, 1.807) is 27.6 Å². The molecule has 0 spiro atoms. The molecule has 14 nitrogen and oxygen atoms in total. The van der Waals surface area contributed by atoms with Gasteiger partial charge in [0.25, 0.3) is 11.8 Å². The summed E-state index contributed by atoms with van der Waals surface area (Å²) in [4.78, 5) is 49.3. The Hall–Kier alpha value is -5.79. The number of nitrogens with one attached hydrogen (secondary N) is 2. The van der Waals surface area contributed by atoms with E-state index in [9.17, 15) is 14.4 Å². The van der Waals surface area contributed by atoms with E-state index in [0.29, 0.717) is 67.0 Å². The summed E-state index contributed by atoms with van der Waals surface area (Å²) >= 11 is 0. The minimum Gasteiger partial charge on any atom is -0.366 e. The third kappa shape index (κ3) is 7.18. The molecule has 1 aliphatic rings. The minimum atomic E-state index is -0.549. The van der Waals surface area contributed by atoms with Gasteiger partial charge in [0.05, 0.1) is 33.5 Å². The molecular weight excluding hydrogens is 658 g/mol. The Morgan fingerprint density at radius 3 is 2.15 bits per heavy atom. The summed E-state index contributed by atoms with van der Waals surface area (Å²) in [6, 6.07) is 14.8. The fourth-order valence-corrected chi connectivity index (χ4v) is 6.91. The molecule has 0 fully saturated rings. The zero-order valence-electron chi connectivity index (χ0n) is 28.6. The molecule has 5 heterocycles. The number of carbonyl (C=O) groups is 3. The number of fused-ring (bicyclic) bond motifs is 8. The van der Waals surface area contributed by atoms with E-state index in [4.69, 9.17) is 20.8 Å². The normalized spacial score (nSPS) is 14.4. The van der Waals surface area contributed by atoms with Gasteiger partial charge in [-0.3, -0.25) is 34.4 Å². The van der Waals surface area contributed by atoms with Crippen LogP contribution in [0.5, 0.6) is 0 Å². The lowest BCUT2D eigenvalue weighted by Crippen LogP contribution is -2.21. The zero-order chi connectivity index (χ0) is 34.9. The van der Waals surface area contributed by atoms with Gasteiger partial charge in [0.15, 0.2) is 0 Å². The van der Waals surface area contributed by atoms with Crippen molar-refractivity contribution in [2.75, 3.05) is 10.6 Å². The topological polar surface area (TPSA) is 173 Å². The Labute approximate surface area is 303 Å². The van der Waals surface area contributed by atoms with Crippen molar-refractivity contribution in [3.05, 3.63) is 82.4 Å². The molecule has 4 aromatic heterocycles. The summed E-state index contributed by atoms with van der Waals surface area (Å²) in [6.07, 6.45) is 4.65. The van der Waals surface area contributed by atoms with Crippen molar-refractivity contribution in [3.8, 4) is 0 Å². The fourth-order valence-electron chi connectivity index (χ4n) is 6.91. The van der Waals surface area contributed by atoms with E-state index in [1.807, 2.05) is 60.2 Å². The molecule has 0 unspecified atom stereocenters. The number of aromatic nitrogens is 8. The molecule has 1 aliphatic heterocycles. The largest absolute Gasteiger partial charge is 0.366 e. The first-order valence-corrected chi connectivity index (χ1v) is 17.2. The zero-order valence-corrected chi connectivity index (χ0v) is 28.6. The first kappa shape index (κ1) is 37.5. The van der Waals surface area contributed by atoms with Crippen LogP contribution in [0.25, 0.3) is 22.1 Å². The molecule has 2 aromatic carbocycles. The van der Waals surface area contributed by atoms with Crippen LogP contribution < -0.4 is 16.4 Å². The number of primary amides is 1. The van der Waals surface area contributed by atoms with Gasteiger partial charge in [-0.1, -0.05) is 33.4 Å². The quantitative estimate of drug-likeness (QED) is 0.184. The molecule has 3 amide bonds. The number of imidazole rings is 2. The maximum absolute atomic E-state index is 14.0. The summed E-state index contributed by atoms with van der Waals surface area (Å²) in [7, 11) is 0. The SMILES string of the molecule is C.C.CCn1nc(C)c2c1C(=O)Nc1nc3ccccc3n1CCCCn1c(nc3cc(C(N)=O)ccc31)NC(=O)c1cc(C)nn1CCCCC2. The summed E-state index contributed by atoms with van der Waals surface area (Å²) in [5, 5.41) is 15.5. The smallest absolute Gasteiger partial charge is 0.276 e. The van der Waals surface area contributed by atoms with Gasteiger partial charge in [-0.25, -0.2) is 9.97 Å². The summed E-state index contributed by atoms with van der Waals surface area (Å²) in [6.45, 7) is 8.06. The number of anilines is 2. The van der Waals surface area contributed by atoms with Gasteiger partial charge in [0.2, 0.25) is 17.8 Å². The van der Waals surface area contributed by atoms with Crippen molar-refractivity contribution in [1.29, 1.82) is 0 Å². The monoisotopic (exact) mass is 707 g/mol. The molecule has 0 saturated heterocycles. The number of nitrogens with two attached hydrogens (primary N) is 1. The third-order valence-electron chi connectivity index (χ3n) is 9.35.